The van der Waals surface area contributed by atoms with Crippen molar-refractivity contribution in [3.63, 3.8) is 0 Å². The molecule has 0 spiro atoms. The maximum absolute atomic E-state index is 8.59. The molecule has 1 radical (unpaired) electrons. The normalized spacial score (nSPS) is 9.25. The second-order valence-electron chi connectivity index (χ2n) is 1.30. The molecule has 0 aliphatic carbocycles. The number of methoxy groups -OCH3 is 1. The maximum Gasteiger partial charge on any atom is 0.221 e. The van der Waals surface area contributed by atoms with Crippen molar-refractivity contribution < 1.29 is 9.84 Å². The van der Waals surface area contributed by atoms with E-state index in [2.05, 4.69) is 10.7 Å². The highest BCUT2D eigenvalue weighted by molar-refractivity contribution is 4.85. The van der Waals surface area contributed by atoms with E-state index in [0.29, 0.717) is 12.8 Å². The van der Waals surface area contributed by atoms with Crippen molar-refractivity contribution in [2.45, 2.75) is 12.8 Å². The van der Waals surface area contributed by atoms with E-state index < -0.39 is 0 Å². The molecule has 0 aromatic carbocycles. The molecule has 0 amide bonds. The topological polar surface area (TPSA) is 29.5 Å². The Hall–Kier alpha value is -0.520. The van der Waals surface area contributed by atoms with Gasteiger partial charge in [-0.15, -0.1) is 12.3 Å². The number of terminal acetylenes is 1. The van der Waals surface area contributed by atoms with Crippen LogP contribution in [0.1, 0.15) is 12.8 Å². The van der Waals surface area contributed by atoms with Gasteiger partial charge in [-0.05, 0) is 0 Å². The van der Waals surface area contributed by atoms with E-state index in [4.69, 9.17) is 11.5 Å². The summed E-state index contributed by atoms with van der Waals surface area (Å²) in [6, 6.07) is 0. The molecule has 0 saturated carbocycles. The summed E-state index contributed by atoms with van der Waals surface area (Å²) in [5.74, 6) is 2.37. The number of aliphatic hydroxyl groups is 1. The Morgan fingerprint density at radius 1 is 1.88 bits per heavy atom. The van der Waals surface area contributed by atoms with Crippen molar-refractivity contribution >= 4 is 0 Å². The maximum atomic E-state index is 8.59. The summed E-state index contributed by atoms with van der Waals surface area (Å²) in [5, 5.41) is 8.59. The van der Waals surface area contributed by atoms with Gasteiger partial charge in [-0.2, -0.15) is 0 Å². The standard InChI is InChI=1S/C6H9O2/c1-3-4-5-6(7)8-2/h1,7H,4-5H2,2H3. The third-order valence-corrected chi connectivity index (χ3v) is 0.719. The van der Waals surface area contributed by atoms with Crippen molar-refractivity contribution in [2.24, 2.45) is 0 Å². The number of hydrogen-bond acceptors (Lipinski definition) is 2. The molecule has 0 atom stereocenters. The number of rotatable bonds is 3. The summed E-state index contributed by atoms with van der Waals surface area (Å²) in [5.41, 5.74) is 0. The molecular weight excluding hydrogens is 104 g/mol. The molecule has 0 fully saturated rings. The van der Waals surface area contributed by atoms with Crippen molar-refractivity contribution in [1.29, 1.82) is 0 Å². The van der Waals surface area contributed by atoms with Crippen molar-refractivity contribution in [3.8, 4) is 12.3 Å². The average molecular weight is 113 g/mol. The Balaban J connectivity index is 3.01. The Bertz CT molecular complexity index is 83.0. The monoisotopic (exact) mass is 113 g/mol. The van der Waals surface area contributed by atoms with Gasteiger partial charge in [-0.3, -0.25) is 0 Å². The van der Waals surface area contributed by atoms with Crippen LogP contribution in [0.3, 0.4) is 0 Å². The zero-order chi connectivity index (χ0) is 6.41. The SMILES string of the molecule is C#CCC[C](O)OC. The lowest BCUT2D eigenvalue weighted by Gasteiger charge is -2.00. The van der Waals surface area contributed by atoms with Gasteiger partial charge in [0.1, 0.15) is 0 Å². The zero-order valence-electron chi connectivity index (χ0n) is 4.85. The highest BCUT2D eigenvalue weighted by Crippen LogP contribution is 2.02. The molecular formula is C6H9O2. The summed E-state index contributed by atoms with van der Waals surface area (Å²) in [6.07, 6.45) is 5.87. The smallest absolute Gasteiger partial charge is 0.221 e. The first-order valence-electron chi connectivity index (χ1n) is 2.33. The average Bonchev–Trinajstić information content (AvgIpc) is 1.83. The lowest BCUT2D eigenvalue weighted by atomic mass is 10.3. The van der Waals surface area contributed by atoms with Crippen molar-refractivity contribution in [3.05, 3.63) is 6.29 Å². The van der Waals surface area contributed by atoms with Crippen LogP contribution in [0.2, 0.25) is 0 Å². The molecule has 8 heavy (non-hydrogen) atoms. The first-order chi connectivity index (χ1) is 3.81. The van der Waals surface area contributed by atoms with E-state index in [1.807, 2.05) is 0 Å². The third kappa shape index (κ3) is 3.66. The van der Waals surface area contributed by atoms with E-state index in [9.17, 15) is 0 Å². The molecule has 0 aliphatic heterocycles. The molecule has 0 saturated heterocycles. The Morgan fingerprint density at radius 2 is 2.50 bits per heavy atom. The summed E-state index contributed by atoms with van der Waals surface area (Å²) in [6.45, 7) is 0. The second kappa shape index (κ2) is 4.63. The van der Waals surface area contributed by atoms with Crippen molar-refractivity contribution in [1.82, 2.24) is 0 Å². The molecule has 0 rings (SSSR count). The van der Waals surface area contributed by atoms with Gasteiger partial charge < -0.3 is 9.84 Å². The Kier molecular flexibility index (Phi) is 4.33. The van der Waals surface area contributed by atoms with Crippen LogP contribution in [0.15, 0.2) is 0 Å². The van der Waals surface area contributed by atoms with Crippen molar-refractivity contribution in [2.75, 3.05) is 7.11 Å². The minimum Gasteiger partial charge on any atom is -0.361 e. The van der Waals surface area contributed by atoms with Gasteiger partial charge in [-0.1, -0.05) is 0 Å². The minimum atomic E-state index is 0.00273. The molecule has 0 aromatic heterocycles. The van der Waals surface area contributed by atoms with E-state index in [-0.39, 0.29) is 6.29 Å². The highest BCUT2D eigenvalue weighted by Gasteiger charge is 1.99. The molecule has 45 valence electrons. The van der Waals surface area contributed by atoms with Gasteiger partial charge in [0.25, 0.3) is 0 Å². The predicted octanol–water partition coefficient (Wildman–Crippen LogP) is 0.908. The number of aliphatic hydroxyl groups excluding tert-OH is 1. The van der Waals surface area contributed by atoms with Crippen LogP contribution in [0.4, 0.5) is 0 Å². The fourth-order valence-electron chi connectivity index (χ4n) is 0.281. The summed E-state index contributed by atoms with van der Waals surface area (Å²) in [7, 11) is 1.41. The molecule has 1 N–H and O–H groups in total. The third-order valence-electron chi connectivity index (χ3n) is 0.719. The predicted molar refractivity (Wildman–Crippen MR) is 30.3 cm³/mol. The highest BCUT2D eigenvalue weighted by atomic mass is 16.6. The zero-order valence-corrected chi connectivity index (χ0v) is 4.85. The molecule has 2 nitrogen and oxygen atoms in total. The van der Waals surface area contributed by atoms with E-state index >= 15 is 0 Å². The van der Waals surface area contributed by atoms with E-state index in [0.717, 1.165) is 0 Å². The van der Waals surface area contributed by atoms with Gasteiger partial charge in [0.05, 0.1) is 0 Å². The lowest BCUT2D eigenvalue weighted by Crippen LogP contribution is -1.96. The molecule has 0 unspecified atom stereocenters. The Morgan fingerprint density at radius 3 is 2.88 bits per heavy atom. The van der Waals surface area contributed by atoms with Crippen LogP contribution < -0.4 is 0 Å². The molecule has 0 aromatic rings. The largest absolute Gasteiger partial charge is 0.361 e. The first kappa shape index (κ1) is 7.48. The quantitative estimate of drug-likeness (QED) is 0.551. The van der Waals surface area contributed by atoms with Crippen LogP contribution in [0.25, 0.3) is 0 Å². The van der Waals surface area contributed by atoms with Crippen LogP contribution in [0, 0.1) is 18.6 Å². The van der Waals surface area contributed by atoms with Gasteiger partial charge in [0.15, 0.2) is 0 Å². The first-order valence-corrected chi connectivity index (χ1v) is 2.33. The van der Waals surface area contributed by atoms with Crippen LogP contribution in [0.5, 0.6) is 0 Å². The van der Waals surface area contributed by atoms with E-state index in [1.54, 1.807) is 0 Å². The fourth-order valence-corrected chi connectivity index (χ4v) is 0.281. The fraction of sp³-hybridized carbons (Fsp3) is 0.500. The van der Waals surface area contributed by atoms with E-state index in [1.165, 1.54) is 7.11 Å². The number of hydrogen-bond donors (Lipinski definition) is 1. The lowest BCUT2D eigenvalue weighted by molar-refractivity contribution is 0.0318. The summed E-state index contributed by atoms with van der Waals surface area (Å²) < 4.78 is 4.43. The Labute approximate surface area is 49.5 Å². The molecule has 0 bridgehead atoms. The number of ether oxygens (including phenoxy) is 1. The van der Waals surface area contributed by atoms with Crippen LogP contribution >= 0.6 is 0 Å². The summed E-state index contributed by atoms with van der Waals surface area (Å²) >= 11 is 0. The molecule has 0 aliphatic rings. The second-order valence-corrected chi connectivity index (χ2v) is 1.30. The van der Waals surface area contributed by atoms with Gasteiger partial charge in [0.2, 0.25) is 6.29 Å². The van der Waals surface area contributed by atoms with Crippen LogP contribution in [-0.4, -0.2) is 12.2 Å². The van der Waals surface area contributed by atoms with Gasteiger partial charge in [0, 0.05) is 20.0 Å². The molecule has 2 heteroatoms. The van der Waals surface area contributed by atoms with Gasteiger partial charge in [-0.25, -0.2) is 0 Å². The minimum absolute atomic E-state index is 0.00273. The molecule has 0 heterocycles. The van der Waals surface area contributed by atoms with Crippen LogP contribution in [-0.2, 0) is 4.74 Å². The summed E-state index contributed by atoms with van der Waals surface area (Å²) in [4.78, 5) is 0. The van der Waals surface area contributed by atoms with Gasteiger partial charge >= 0.3 is 0 Å².